The molecular formula is C24H21N3O2. The quantitative estimate of drug-likeness (QED) is 0.267. The molecule has 3 aromatic carbocycles. The van der Waals surface area contributed by atoms with Gasteiger partial charge in [0.15, 0.2) is 11.5 Å². The molecule has 0 saturated carbocycles. The third-order valence-electron chi connectivity index (χ3n) is 4.85. The summed E-state index contributed by atoms with van der Waals surface area (Å²) in [5.74, 6) is 1.49. The Bertz CT molecular complexity index is 1060. The summed E-state index contributed by atoms with van der Waals surface area (Å²) in [5, 5.41) is 3.77. The second-order valence-electron chi connectivity index (χ2n) is 6.83. The van der Waals surface area contributed by atoms with Gasteiger partial charge in [-0.15, -0.1) is 0 Å². The minimum Gasteiger partial charge on any atom is -0.485 e. The standard InChI is InChI=1S/C24H21N3O2/c25-27-26-21-12-13-22-20(15-21)11-14-23(28-16-18-7-3-1-4-8-18)24(22)29-17-19-9-5-2-6-10-19/h1-11,14-15H,12-13,16-17H2. The van der Waals surface area contributed by atoms with Crippen molar-refractivity contribution >= 4 is 6.08 Å². The Morgan fingerprint density at radius 1 is 0.793 bits per heavy atom. The van der Waals surface area contributed by atoms with E-state index < -0.39 is 0 Å². The summed E-state index contributed by atoms with van der Waals surface area (Å²) in [6.07, 6.45) is 3.35. The van der Waals surface area contributed by atoms with Crippen molar-refractivity contribution in [3.63, 3.8) is 0 Å². The zero-order valence-electron chi connectivity index (χ0n) is 16.0. The monoisotopic (exact) mass is 383 g/mol. The lowest BCUT2D eigenvalue weighted by Crippen LogP contribution is -2.07. The predicted octanol–water partition coefficient (Wildman–Crippen LogP) is 6.44. The molecule has 0 bridgehead atoms. The highest BCUT2D eigenvalue weighted by Crippen LogP contribution is 2.39. The summed E-state index contributed by atoms with van der Waals surface area (Å²) in [6, 6.07) is 24.1. The maximum atomic E-state index is 8.73. The molecule has 1 aliphatic carbocycles. The molecule has 5 nitrogen and oxygen atoms in total. The van der Waals surface area contributed by atoms with Crippen molar-refractivity contribution in [2.75, 3.05) is 0 Å². The molecule has 0 spiro atoms. The van der Waals surface area contributed by atoms with Crippen LogP contribution in [0.1, 0.15) is 28.7 Å². The Hall–Kier alpha value is -3.69. The average Bonchev–Trinajstić information content (AvgIpc) is 2.78. The van der Waals surface area contributed by atoms with Gasteiger partial charge >= 0.3 is 0 Å². The van der Waals surface area contributed by atoms with Crippen molar-refractivity contribution in [1.29, 1.82) is 0 Å². The fraction of sp³-hybridized carbons (Fsp3) is 0.167. The third-order valence-corrected chi connectivity index (χ3v) is 4.85. The molecule has 144 valence electrons. The third kappa shape index (κ3) is 4.60. The number of hydrogen-bond acceptors (Lipinski definition) is 3. The van der Waals surface area contributed by atoms with Gasteiger partial charge in [0, 0.05) is 16.2 Å². The molecule has 0 N–H and O–H groups in total. The van der Waals surface area contributed by atoms with Gasteiger partial charge in [-0.2, -0.15) is 0 Å². The molecule has 0 fully saturated rings. The molecule has 1 aliphatic rings. The molecule has 0 aromatic heterocycles. The summed E-state index contributed by atoms with van der Waals surface area (Å²) < 4.78 is 12.4. The number of benzene rings is 3. The zero-order valence-corrected chi connectivity index (χ0v) is 16.0. The first-order chi connectivity index (χ1) is 14.3. The number of rotatable bonds is 7. The first kappa shape index (κ1) is 18.7. The SMILES string of the molecule is [N-]=[N+]=NC1=Cc2ccc(OCc3ccccc3)c(OCc3ccccc3)c2CC1. The van der Waals surface area contributed by atoms with E-state index in [1.54, 1.807) is 0 Å². The van der Waals surface area contributed by atoms with Gasteiger partial charge in [0.2, 0.25) is 0 Å². The zero-order chi connectivity index (χ0) is 19.9. The van der Waals surface area contributed by atoms with Crippen LogP contribution < -0.4 is 9.47 Å². The van der Waals surface area contributed by atoms with E-state index in [9.17, 15) is 0 Å². The molecule has 0 heterocycles. The lowest BCUT2D eigenvalue weighted by atomic mass is 9.94. The van der Waals surface area contributed by atoms with Gasteiger partial charge in [0.1, 0.15) is 13.2 Å². The summed E-state index contributed by atoms with van der Waals surface area (Å²) >= 11 is 0. The van der Waals surface area contributed by atoms with E-state index >= 15 is 0 Å². The Morgan fingerprint density at radius 2 is 1.45 bits per heavy atom. The van der Waals surface area contributed by atoms with Crippen LogP contribution in [0.4, 0.5) is 0 Å². The molecule has 0 amide bonds. The van der Waals surface area contributed by atoms with Gasteiger partial charge in [-0.3, -0.25) is 0 Å². The first-order valence-corrected chi connectivity index (χ1v) is 9.58. The smallest absolute Gasteiger partial charge is 0.165 e. The molecular weight excluding hydrogens is 362 g/mol. The lowest BCUT2D eigenvalue weighted by Gasteiger charge is -2.21. The van der Waals surface area contributed by atoms with Gasteiger partial charge in [0.25, 0.3) is 0 Å². The molecule has 29 heavy (non-hydrogen) atoms. The maximum Gasteiger partial charge on any atom is 0.165 e. The van der Waals surface area contributed by atoms with Crippen molar-refractivity contribution in [1.82, 2.24) is 0 Å². The summed E-state index contributed by atoms with van der Waals surface area (Å²) in [4.78, 5) is 2.91. The van der Waals surface area contributed by atoms with Gasteiger partial charge in [0.05, 0.1) is 0 Å². The van der Waals surface area contributed by atoms with E-state index in [1.807, 2.05) is 78.9 Å². The molecule has 0 radical (unpaired) electrons. The van der Waals surface area contributed by atoms with Crippen molar-refractivity contribution in [3.05, 3.63) is 111 Å². The normalized spacial score (nSPS) is 12.3. The molecule has 0 unspecified atom stereocenters. The topological polar surface area (TPSA) is 67.2 Å². The van der Waals surface area contributed by atoms with E-state index in [0.717, 1.165) is 45.9 Å². The second-order valence-corrected chi connectivity index (χ2v) is 6.83. The predicted molar refractivity (Wildman–Crippen MR) is 113 cm³/mol. The summed E-state index contributed by atoms with van der Waals surface area (Å²) in [5.41, 5.74) is 13.8. The Morgan fingerprint density at radius 3 is 2.10 bits per heavy atom. The van der Waals surface area contributed by atoms with Crippen molar-refractivity contribution < 1.29 is 9.47 Å². The molecule has 0 saturated heterocycles. The van der Waals surface area contributed by atoms with Crippen LogP contribution in [0.2, 0.25) is 0 Å². The number of hydrogen-bond donors (Lipinski definition) is 0. The van der Waals surface area contributed by atoms with Crippen LogP contribution in [-0.2, 0) is 19.6 Å². The van der Waals surface area contributed by atoms with Crippen molar-refractivity contribution in [2.45, 2.75) is 26.1 Å². The molecule has 3 aromatic rings. The minimum atomic E-state index is 0.464. The van der Waals surface area contributed by atoms with Gasteiger partial charge in [-0.05, 0) is 47.2 Å². The highest BCUT2D eigenvalue weighted by molar-refractivity contribution is 5.66. The Labute approximate surface area is 169 Å². The van der Waals surface area contributed by atoms with Gasteiger partial charge in [-0.1, -0.05) is 71.8 Å². The average molecular weight is 383 g/mol. The molecule has 0 atom stereocenters. The van der Waals surface area contributed by atoms with E-state index in [1.165, 1.54) is 0 Å². The van der Waals surface area contributed by atoms with Crippen molar-refractivity contribution in [3.8, 4) is 11.5 Å². The summed E-state index contributed by atoms with van der Waals surface area (Å²) in [6.45, 7) is 0.938. The number of fused-ring (bicyclic) bond motifs is 1. The van der Waals surface area contributed by atoms with Crippen LogP contribution in [-0.4, -0.2) is 0 Å². The highest BCUT2D eigenvalue weighted by Gasteiger charge is 2.19. The minimum absolute atomic E-state index is 0.464. The second kappa shape index (κ2) is 9.00. The number of allylic oxidation sites excluding steroid dienone is 1. The van der Waals surface area contributed by atoms with E-state index in [2.05, 4.69) is 10.0 Å². The van der Waals surface area contributed by atoms with Crippen LogP contribution >= 0.6 is 0 Å². The van der Waals surface area contributed by atoms with Crippen molar-refractivity contribution in [2.24, 2.45) is 5.11 Å². The van der Waals surface area contributed by atoms with E-state index in [-0.39, 0.29) is 0 Å². The van der Waals surface area contributed by atoms with E-state index in [0.29, 0.717) is 19.6 Å². The fourth-order valence-electron chi connectivity index (χ4n) is 3.39. The van der Waals surface area contributed by atoms with Gasteiger partial charge in [-0.25, -0.2) is 0 Å². The highest BCUT2D eigenvalue weighted by atomic mass is 16.5. The number of nitrogens with zero attached hydrogens (tertiary/aromatic N) is 3. The fourth-order valence-corrected chi connectivity index (χ4v) is 3.39. The number of azide groups is 1. The Balaban J connectivity index is 1.63. The largest absolute Gasteiger partial charge is 0.485 e. The number of ether oxygens (including phenoxy) is 2. The van der Waals surface area contributed by atoms with Gasteiger partial charge < -0.3 is 9.47 Å². The lowest BCUT2D eigenvalue weighted by molar-refractivity contribution is 0.253. The Kier molecular flexibility index (Phi) is 5.79. The first-order valence-electron chi connectivity index (χ1n) is 9.58. The van der Waals surface area contributed by atoms with Crippen LogP contribution in [0, 0.1) is 0 Å². The van der Waals surface area contributed by atoms with E-state index in [4.69, 9.17) is 15.0 Å². The van der Waals surface area contributed by atoms with Crippen LogP contribution in [0.25, 0.3) is 16.5 Å². The van der Waals surface area contributed by atoms with Crippen LogP contribution in [0.5, 0.6) is 11.5 Å². The molecule has 5 heteroatoms. The van der Waals surface area contributed by atoms with Crippen LogP contribution in [0.15, 0.2) is 83.6 Å². The molecule has 0 aliphatic heterocycles. The van der Waals surface area contributed by atoms with Crippen LogP contribution in [0.3, 0.4) is 0 Å². The molecule has 4 rings (SSSR count). The summed E-state index contributed by atoms with van der Waals surface area (Å²) in [7, 11) is 0. The maximum absolute atomic E-state index is 8.73.